The summed E-state index contributed by atoms with van der Waals surface area (Å²) in [5.74, 6) is 0.448. The van der Waals surface area contributed by atoms with E-state index in [0.717, 1.165) is 37.7 Å². The molecule has 4 nitrogen and oxygen atoms in total. The van der Waals surface area contributed by atoms with E-state index < -0.39 is 10.0 Å². The normalized spacial score (nSPS) is 15.1. The summed E-state index contributed by atoms with van der Waals surface area (Å²) in [6.45, 7) is 2.38. The zero-order valence-electron chi connectivity index (χ0n) is 11.5. The number of fused-ring (bicyclic) bond motifs is 1. The van der Waals surface area contributed by atoms with Crippen molar-refractivity contribution in [1.29, 1.82) is 0 Å². The minimum atomic E-state index is -3.47. The summed E-state index contributed by atoms with van der Waals surface area (Å²) in [4.78, 5) is 0.268. The van der Waals surface area contributed by atoms with Crippen LogP contribution in [-0.4, -0.2) is 22.1 Å². The van der Waals surface area contributed by atoms with Crippen molar-refractivity contribution in [3.8, 4) is 5.75 Å². The largest absolute Gasteiger partial charge is 0.495 e. The Hall–Kier alpha value is -1.07. The van der Waals surface area contributed by atoms with Crippen molar-refractivity contribution in [1.82, 2.24) is 4.72 Å². The monoisotopic (exact) mass is 283 g/mol. The second-order valence-electron chi connectivity index (χ2n) is 4.88. The standard InChI is InChI=1S/C14H21NO3S/c1-3-8-15-19(16,17)14-10-12-7-5-4-6-11(12)9-13(14)18-2/h9-10,15H,3-8H2,1-2H3. The average Bonchev–Trinajstić information content (AvgIpc) is 2.43. The Kier molecular flexibility index (Phi) is 4.47. The number of hydrogen-bond acceptors (Lipinski definition) is 3. The van der Waals surface area contributed by atoms with Gasteiger partial charge in [-0.05, 0) is 55.4 Å². The van der Waals surface area contributed by atoms with E-state index in [1.54, 1.807) is 6.07 Å². The number of methoxy groups -OCH3 is 1. The number of sulfonamides is 1. The molecule has 0 fully saturated rings. The maximum absolute atomic E-state index is 12.3. The molecule has 0 unspecified atom stereocenters. The molecule has 1 aromatic carbocycles. The van der Waals surface area contributed by atoms with Gasteiger partial charge >= 0.3 is 0 Å². The van der Waals surface area contributed by atoms with Crippen LogP contribution in [-0.2, 0) is 22.9 Å². The van der Waals surface area contributed by atoms with Crippen LogP contribution in [0.4, 0.5) is 0 Å². The second kappa shape index (κ2) is 5.92. The van der Waals surface area contributed by atoms with Gasteiger partial charge in [-0.3, -0.25) is 0 Å². The number of aryl methyl sites for hydroxylation is 2. The molecule has 1 aliphatic carbocycles. The smallest absolute Gasteiger partial charge is 0.244 e. The fourth-order valence-electron chi connectivity index (χ4n) is 2.42. The highest BCUT2D eigenvalue weighted by Crippen LogP contribution is 2.31. The molecule has 1 aliphatic rings. The predicted molar refractivity (Wildman–Crippen MR) is 75.1 cm³/mol. The molecule has 19 heavy (non-hydrogen) atoms. The lowest BCUT2D eigenvalue weighted by atomic mass is 9.92. The van der Waals surface area contributed by atoms with Gasteiger partial charge in [0.25, 0.3) is 0 Å². The van der Waals surface area contributed by atoms with Crippen molar-refractivity contribution >= 4 is 10.0 Å². The molecule has 1 aromatic rings. The maximum Gasteiger partial charge on any atom is 0.244 e. The molecule has 0 heterocycles. The summed E-state index contributed by atoms with van der Waals surface area (Å²) >= 11 is 0. The molecule has 106 valence electrons. The number of ether oxygens (including phenoxy) is 1. The van der Waals surface area contributed by atoms with Crippen LogP contribution in [0.3, 0.4) is 0 Å². The first kappa shape index (κ1) is 14.3. The van der Waals surface area contributed by atoms with Gasteiger partial charge in [-0.15, -0.1) is 0 Å². The molecule has 0 saturated carbocycles. The fourth-order valence-corrected chi connectivity index (χ4v) is 3.76. The summed E-state index contributed by atoms with van der Waals surface area (Å²) in [6, 6.07) is 3.67. The lowest BCUT2D eigenvalue weighted by Crippen LogP contribution is -2.25. The van der Waals surface area contributed by atoms with Crippen LogP contribution in [0.25, 0.3) is 0 Å². The molecule has 0 aliphatic heterocycles. The summed E-state index contributed by atoms with van der Waals surface area (Å²) in [5.41, 5.74) is 2.36. The van der Waals surface area contributed by atoms with Crippen LogP contribution in [0.5, 0.6) is 5.75 Å². The highest BCUT2D eigenvalue weighted by atomic mass is 32.2. The Balaban J connectivity index is 2.44. The Bertz CT molecular complexity index is 552. The third-order valence-corrected chi connectivity index (χ3v) is 4.94. The third-order valence-electron chi connectivity index (χ3n) is 3.46. The van der Waals surface area contributed by atoms with Crippen LogP contribution >= 0.6 is 0 Å². The Morgan fingerprint density at radius 1 is 1.21 bits per heavy atom. The van der Waals surface area contributed by atoms with Gasteiger partial charge in [0.2, 0.25) is 10.0 Å². The van der Waals surface area contributed by atoms with Gasteiger partial charge in [0, 0.05) is 6.54 Å². The molecule has 0 saturated heterocycles. The van der Waals surface area contributed by atoms with E-state index in [2.05, 4.69) is 4.72 Å². The highest BCUT2D eigenvalue weighted by Gasteiger charge is 2.22. The molecular weight excluding hydrogens is 262 g/mol. The van der Waals surface area contributed by atoms with E-state index in [-0.39, 0.29) is 4.90 Å². The number of benzene rings is 1. The molecular formula is C14H21NO3S. The van der Waals surface area contributed by atoms with E-state index in [0.29, 0.717) is 12.3 Å². The van der Waals surface area contributed by atoms with Crippen molar-refractivity contribution in [2.75, 3.05) is 13.7 Å². The van der Waals surface area contributed by atoms with Crippen molar-refractivity contribution in [2.24, 2.45) is 0 Å². The first-order chi connectivity index (χ1) is 9.08. The third kappa shape index (κ3) is 3.09. The minimum absolute atomic E-state index is 0.268. The predicted octanol–water partition coefficient (Wildman–Crippen LogP) is 2.26. The SMILES string of the molecule is CCCNS(=O)(=O)c1cc2c(cc1OC)CCCC2. The fraction of sp³-hybridized carbons (Fsp3) is 0.571. The van der Waals surface area contributed by atoms with E-state index >= 15 is 0 Å². The van der Waals surface area contributed by atoms with Crippen molar-refractivity contribution in [2.45, 2.75) is 43.9 Å². The van der Waals surface area contributed by atoms with E-state index in [9.17, 15) is 8.42 Å². The van der Waals surface area contributed by atoms with E-state index in [4.69, 9.17) is 4.74 Å². The van der Waals surface area contributed by atoms with E-state index in [1.165, 1.54) is 12.7 Å². The van der Waals surface area contributed by atoms with Gasteiger partial charge in [0.05, 0.1) is 7.11 Å². The van der Waals surface area contributed by atoms with Gasteiger partial charge in [0.15, 0.2) is 0 Å². The maximum atomic E-state index is 12.3. The number of nitrogens with one attached hydrogen (secondary N) is 1. The average molecular weight is 283 g/mol. The van der Waals surface area contributed by atoms with Crippen molar-refractivity contribution in [3.63, 3.8) is 0 Å². The Labute approximate surface area is 115 Å². The molecule has 1 N–H and O–H groups in total. The minimum Gasteiger partial charge on any atom is -0.495 e. The number of hydrogen-bond donors (Lipinski definition) is 1. The molecule has 0 radical (unpaired) electrons. The topological polar surface area (TPSA) is 55.4 Å². The highest BCUT2D eigenvalue weighted by molar-refractivity contribution is 7.89. The Morgan fingerprint density at radius 2 is 1.84 bits per heavy atom. The first-order valence-corrected chi connectivity index (χ1v) is 8.26. The molecule has 0 amide bonds. The second-order valence-corrected chi connectivity index (χ2v) is 6.61. The zero-order chi connectivity index (χ0) is 13.9. The van der Waals surface area contributed by atoms with Gasteiger partial charge in [-0.1, -0.05) is 6.92 Å². The van der Waals surface area contributed by atoms with Crippen molar-refractivity contribution < 1.29 is 13.2 Å². The summed E-state index contributed by atoms with van der Waals surface area (Å²) in [7, 11) is -1.96. The number of rotatable bonds is 5. The van der Waals surface area contributed by atoms with Crippen molar-refractivity contribution in [3.05, 3.63) is 23.3 Å². The lowest BCUT2D eigenvalue weighted by molar-refractivity contribution is 0.401. The Morgan fingerprint density at radius 3 is 2.42 bits per heavy atom. The van der Waals surface area contributed by atoms with Gasteiger partial charge in [-0.25, -0.2) is 13.1 Å². The first-order valence-electron chi connectivity index (χ1n) is 6.78. The van der Waals surface area contributed by atoms with Crippen LogP contribution in [0.15, 0.2) is 17.0 Å². The molecule has 0 aromatic heterocycles. The molecule has 0 atom stereocenters. The van der Waals surface area contributed by atoms with Gasteiger partial charge in [0.1, 0.15) is 10.6 Å². The van der Waals surface area contributed by atoms with Crippen LogP contribution < -0.4 is 9.46 Å². The van der Waals surface area contributed by atoms with Crippen LogP contribution in [0.1, 0.15) is 37.3 Å². The summed E-state index contributed by atoms with van der Waals surface area (Å²) < 4.78 is 32.4. The van der Waals surface area contributed by atoms with Gasteiger partial charge < -0.3 is 4.74 Å². The molecule has 5 heteroatoms. The quantitative estimate of drug-likeness (QED) is 0.902. The van der Waals surface area contributed by atoms with E-state index in [1.807, 2.05) is 13.0 Å². The van der Waals surface area contributed by atoms with Gasteiger partial charge in [-0.2, -0.15) is 0 Å². The zero-order valence-corrected chi connectivity index (χ0v) is 12.3. The van der Waals surface area contributed by atoms with Crippen LogP contribution in [0, 0.1) is 0 Å². The molecule has 0 spiro atoms. The van der Waals surface area contributed by atoms with Crippen LogP contribution in [0.2, 0.25) is 0 Å². The molecule has 0 bridgehead atoms. The lowest BCUT2D eigenvalue weighted by Gasteiger charge is -2.19. The molecule has 2 rings (SSSR count). The summed E-state index contributed by atoms with van der Waals surface area (Å²) in [5, 5.41) is 0. The summed E-state index contributed by atoms with van der Waals surface area (Å²) in [6.07, 6.45) is 5.02.